The van der Waals surface area contributed by atoms with E-state index in [-0.39, 0.29) is 29.9 Å². The van der Waals surface area contributed by atoms with E-state index < -0.39 is 0 Å². The number of halogens is 1. The second kappa shape index (κ2) is 10.0. The summed E-state index contributed by atoms with van der Waals surface area (Å²) in [4.78, 5) is 30.0. The largest absolute Gasteiger partial charge is 0.375 e. The van der Waals surface area contributed by atoms with Gasteiger partial charge in [0, 0.05) is 54.6 Å². The van der Waals surface area contributed by atoms with Gasteiger partial charge in [-0.2, -0.15) is 5.10 Å². The molecule has 1 aromatic carbocycles. The van der Waals surface area contributed by atoms with Crippen molar-refractivity contribution in [2.24, 2.45) is 0 Å². The topological polar surface area (TPSA) is 95.5 Å². The molecular formula is C26H29ClN6O3. The lowest BCUT2D eigenvalue weighted by Gasteiger charge is -2.25. The Morgan fingerprint density at radius 3 is 2.83 bits per heavy atom. The zero-order valence-corrected chi connectivity index (χ0v) is 21.3. The second-order valence-electron chi connectivity index (χ2n) is 9.46. The number of aryl methyl sites for hydroxylation is 1. The first-order valence-corrected chi connectivity index (χ1v) is 12.5. The Hall–Kier alpha value is -3.27. The van der Waals surface area contributed by atoms with E-state index in [1.165, 1.54) is 17.0 Å². The van der Waals surface area contributed by atoms with Gasteiger partial charge in [0.2, 0.25) is 0 Å². The Kier molecular flexibility index (Phi) is 6.79. The number of morpholine rings is 1. The average molecular weight is 509 g/mol. The van der Waals surface area contributed by atoms with Gasteiger partial charge in [0.05, 0.1) is 30.5 Å². The SMILES string of the molecule is Cc1cc(Cl)cc(-c2ncnn3cc(Cn4c(=O)ccn(C(C)C)c4=O)cc23)c1CC1CNCCO1. The molecule has 0 bridgehead atoms. The number of hydrogen-bond acceptors (Lipinski definition) is 6. The van der Waals surface area contributed by atoms with E-state index in [0.717, 1.165) is 53.0 Å². The molecule has 0 spiro atoms. The van der Waals surface area contributed by atoms with Crippen molar-refractivity contribution in [2.45, 2.75) is 45.9 Å². The summed E-state index contributed by atoms with van der Waals surface area (Å²) in [6.45, 7) is 8.32. The van der Waals surface area contributed by atoms with E-state index in [1.54, 1.807) is 15.3 Å². The molecule has 0 aliphatic carbocycles. The molecule has 4 heterocycles. The van der Waals surface area contributed by atoms with E-state index >= 15 is 0 Å². The lowest BCUT2D eigenvalue weighted by molar-refractivity contribution is 0.0292. The van der Waals surface area contributed by atoms with Crippen LogP contribution in [0, 0.1) is 6.92 Å². The van der Waals surface area contributed by atoms with Gasteiger partial charge < -0.3 is 10.1 Å². The van der Waals surface area contributed by atoms with Crippen LogP contribution in [0.2, 0.25) is 5.02 Å². The van der Waals surface area contributed by atoms with Crippen molar-refractivity contribution >= 4 is 17.1 Å². The number of fused-ring (bicyclic) bond motifs is 1. The van der Waals surface area contributed by atoms with Crippen LogP contribution in [-0.4, -0.2) is 49.5 Å². The fraction of sp³-hybridized carbons (Fsp3) is 0.385. The lowest BCUT2D eigenvalue weighted by atomic mass is 9.94. The summed E-state index contributed by atoms with van der Waals surface area (Å²) in [5, 5.41) is 8.39. The molecule has 0 saturated carbocycles. The van der Waals surface area contributed by atoms with Crippen molar-refractivity contribution in [2.75, 3.05) is 19.7 Å². The third-order valence-corrected chi connectivity index (χ3v) is 6.80. The van der Waals surface area contributed by atoms with Crippen molar-refractivity contribution in [1.82, 2.24) is 29.0 Å². The molecule has 1 N–H and O–H groups in total. The molecule has 1 atom stereocenters. The maximum absolute atomic E-state index is 12.9. The van der Waals surface area contributed by atoms with Crippen molar-refractivity contribution in [3.05, 3.63) is 85.5 Å². The minimum absolute atomic E-state index is 0.0530. The second-order valence-corrected chi connectivity index (χ2v) is 9.90. The first kappa shape index (κ1) is 24.4. The van der Waals surface area contributed by atoms with Crippen LogP contribution in [-0.2, 0) is 17.7 Å². The number of rotatable bonds is 6. The fourth-order valence-electron chi connectivity index (χ4n) is 4.76. The molecule has 4 aromatic rings. The minimum Gasteiger partial charge on any atom is -0.375 e. The summed E-state index contributed by atoms with van der Waals surface area (Å²) in [6.07, 6.45) is 5.66. The lowest BCUT2D eigenvalue weighted by Crippen LogP contribution is -2.39. The Labute approximate surface area is 213 Å². The van der Waals surface area contributed by atoms with E-state index in [0.29, 0.717) is 11.6 Å². The van der Waals surface area contributed by atoms with Gasteiger partial charge in [-0.3, -0.25) is 13.9 Å². The van der Waals surface area contributed by atoms with Gasteiger partial charge in [-0.25, -0.2) is 14.3 Å². The number of nitrogens with zero attached hydrogens (tertiary/aromatic N) is 5. The monoisotopic (exact) mass is 508 g/mol. The Morgan fingerprint density at radius 2 is 2.08 bits per heavy atom. The van der Waals surface area contributed by atoms with Gasteiger partial charge in [0.25, 0.3) is 5.56 Å². The first-order valence-electron chi connectivity index (χ1n) is 12.1. The molecule has 1 unspecified atom stereocenters. The van der Waals surface area contributed by atoms with E-state index in [4.69, 9.17) is 16.3 Å². The molecule has 188 valence electrons. The normalized spacial score (nSPS) is 16.2. The molecule has 1 aliphatic heterocycles. The summed E-state index contributed by atoms with van der Waals surface area (Å²) in [6, 6.07) is 7.18. The van der Waals surface area contributed by atoms with Gasteiger partial charge in [-0.15, -0.1) is 0 Å². The predicted octanol–water partition coefficient (Wildman–Crippen LogP) is 2.84. The van der Waals surface area contributed by atoms with Crippen LogP contribution in [0.15, 0.2) is 52.6 Å². The van der Waals surface area contributed by atoms with Crippen LogP contribution in [0.1, 0.15) is 36.6 Å². The molecular weight excluding hydrogens is 480 g/mol. The Balaban J connectivity index is 1.58. The molecule has 0 radical (unpaired) electrons. The van der Waals surface area contributed by atoms with Crippen molar-refractivity contribution in [1.29, 1.82) is 0 Å². The third kappa shape index (κ3) is 4.74. The van der Waals surface area contributed by atoms with Gasteiger partial charge in [-0.1, -0.05) is 11.6 Å². The van der Waals surface area contributed by atoms with Crippen molar-refractivity contribution < 1.29 is 4.74 Å². The fourth-order valence-corrected chi connectivity index (χ4v) is 5.04. The first-order chi connectivity index (χ1) is 17.3. The molecule has 3 aromatic heterocycles. The summed E-state index contributed by atoms with van der Waals surface area (Å²) >= 11 is 6.48. The molecule has 1 saturated heterocycles. The summed E-state index contributed by atoms with van der Waals surface area (Å²) in [5.41, 5.74) is 4.71. The highest BCUT2D eigenvalue weighted by atomic mass is 35.5. The van der Waals surface area contributed by atoms with E-state index in [2.05, 4.69) is 15.4 Å². The summed E-state index contributed by atoms with van der Waals surface area (Å²) in [7, 11) is 0. The minimum atomic E-state index is -0.340. The zero-order chi connectivity index (χ0) is 25.4. The average Bonchev–Trinajstić information content (AvgIpc) is 3.26. The van der Waals surface area contributed by atoms with Crippen LogP contribution in [0.25, 0.3) is 16.8 Å². The quantitative estimate of drug-likeness (QED) is 0.430. The highest BCUT2D eigenvalue weighted by Gasteiger charge is 2.21. The highest BCUT2D eigenvalue weighted by Crippen LogP contribution is 2.33. The maximum Gasteiger partial charge on any atom is 0.331 e. The van der Waals surface area contributed by atoms with Gasteiger partial charge in [0.1, 0.15) is 6.33 Å². The summed E-state index contributed by atoms with van der Waals surface area (Å²) < 4.78 is 10.5. The van der Waals surface area contributed by atoms with Crippen molar-refractivity contribution in [3.63, 3.8) is 0 Å². The number of nitrogens with one attached hydrogen (secondary N) is 1. The van der Waals surface area contributed by atoms with Crippen LogP contribution < -0.4 is 16.6 Å². The standard InChI is InChI=1S/C26H29ClN6O3/c1-16(2)31-6-4-24(34)32(26(31)35)13-18-9-23-25(29-15-30-33(23)14-18)22-10-19(27)8-17(3)21(22)11-20-12-28-5-7-36-20/h4,6,8-10,14-16,20,28H,5,7,11-13H2,1-3H3. The molecule has 36 heavy (non-hydrogen) atoms. The molecule has 1 aliphatic rings. The Bertz CT molecular complexity index is 1530. The van der Waals surface area contributed by atoms with Crippen LogP contribution in [0.3, 0.4) is 0 Å². The smallest absolute Gasteiger partial charge is 0.331 e. The van der Waals surface area contributed by atoms with Crippen LogP contribution in [0.4, 0.5) is 0 Å². The highest BCUT2D eigenvalue weighted by molar-refractivity contribution is 6.31. The van der Waals surface area contributed by atoms with E-state index in [1.807, 2.05) is 45.2 Å². The van der Waals surface area contributed by atoms with Gasteiger partial charge >= 0.3 is 5.69 Å². The zero-order valence-electron chi connectivity index (χ0n) is 20.6. The third-order valence-electron chi connectivity index (χ3n) is 6.58. The number of aromatic nitrogens is 5. The maximum atomic E-state index is 12.9. The predicted molar refractivity (Wildman–Crippen MR) is 139 cm³/mol. The van der Waals surface area contributed by atoms with Gasteiger partial charge in [0.15, 0.2) is 0 Å². The molecule has 9 nitrogen and oxygen atoms in total. The van der Waals surface area contributed by atoms with Gasteiger partial charge in [-0.05, 0) is 55.7 Å². The number of benzene rings is 1. The molecule has 0 amide bonds. The van der Waals surface area contributed by atoms with E-state index in [9.17, 15) is 9.59 Å². The Morgan fingerprint density at radius 1 is 1.25 bits per heavy atom. The number of ether oxygens (including phenoxy) is 1. The molecule has 10 heteroatoms. The number of hydrogen-bond donors (Lipinski definition) is 1. The molecule has 5 rings (SSSR count). The van der Waals surface area contributed by atoms with Crippen LogP contribution >= 0.6 is 11.6 Å². The van der Waals surface area contributed by atoms with Crippen molar-refractivity contribution in [3.8, 4) is 11.3 Å². The van der Waals surface area contributed by atoms with Crippen LogP contribution in [0.5, 0.6) is 0 Å². The molecule has 1 fully saturated rings. The summed E-state index contributed by atoms with van der Waals surface area (Å²) in [5.74, 6) is 0.